The van der Waals surface area contributed by atoms with Crippen molar-refractivity contribution in [3.05, 3.63) is 72.9 Å². The molecule has 0 unspecified atom stereocenters. The average Bonchev–Trinajstić information content (AvgIpc) is 3.44. The Morgan fingerprint density at radius 1 is 0.276 bits per heavy atom. The lowest BCUT2D eigenvalue weighted by atomic mass is 10.1. The summed E-state index contributed by atoms with van der Waals surface area (Å²) in [6.45, 7) is -0.0791. The predicted molar refractivity (Wildman–Crippen MR) is 295 cm³/mol. The summed E-state index contributed by atoms with van der Waals surface area (Å²) in [6, 6.07) is 0. The van der Waals surface area contributed by atoms with Crippen LogP contribution in [0.3, 0.4) is 0 Å². The fourth-order valence-corrected chi connectivity index (χ4v) is 4.14. The van der Waals surface area contributed by atoms with Gasteiger partial charge in [0.1, 0.15) is 36.6 Å². The minimum Gasteiger partial charge on any atom is -0.481 e. The van der Waals surface area contributed by atoms with Crippen LogP contribution in [0, 0.1) is 0 Å². The van der Waals surface area contributed by atoms with Gasteiger partial charge in [0.15, 0.2) is 0 Å². The molecule has 0 atom stereocenters. The van der Waals surface area contributed by atoms with Crippen LogP contribution in [0.4, 0.5) is 0 Å². The summed E-state index contributed by atoms with van der Waals surface area (Å²) >= 11 is 0. The maximum Gasteiger partial charge on any atom is 0.303 e. The summed E-state index contributed by atoms with van der Waals surface area (Å²) in [5.74, 6) is -1.35. The number of aliphatic hydroxyl groups excluding tert-OH is 18. The molecule has 0 aliphatic carbocycles. The number of carbonyl (C=O) groups is 2. The van der Waals surface area contributed by atoms with Crippen molar-refractivity contribution in [2.45, 2.75) is 179 Å². The Bertz CT molecular complexity index is 1070. The molecular formula is C54H108O22. The molecule has 0 radical (unpaired) electrons. The zero-order chi connectivity index (χ0) is 59.7. The number of carboxylic acid groups (broad SMARTS) is 2. The van der Waals surface area contributed by atoms with E-state index < -0.39 is 48.6 Å². The molecule has 0 aromatic rings. The molecule has 22 heteroatoms. The van der Waals surface area contributed by atoms with Gasteiger partial charge in [-0.3, -0.25) is 9.59 Å². The molecule has 0 aliphatic heterocycles. The number of hydrogen-bond acceptors (Lipinski definition) is 20. The fraction of sp³-hybridized carbons (Fsp3) is 0.741. The van der Waals surface area contributed by atoms with Crippen LogP contribution in [0.2, 0.25) is 0 Å². The molecule has 0 fully saturated rings. The zero-order valence-electron chi connectivity index (χ0n) is 45.8. The first-order valence-electron chi connectivity index (χ1n) is 26.1. The van der Waals surface area contributed by atoms with Crippen LogP contribution in [0.1, 0.15) is 142 Å². The zero-order valence-corrected chi connectivity index (χ0v) is 45.8. The molecule has 0 amide bonds. The molecule has 0 aromatic carbocycles. The lowest BCUT2D eigenvalue weighted by molar-refractivity contribution is -0.138. The summed E-state index contributed by atoms with van der Waals surface area (Å²) in [6.07, 6.45) is 41.0. The van der Waals surface area contributed by atoms with E-state index in [1.807, 2.05) is 0 Å². The molecule has 0 saturated carbocycles. The minimum atomic E-state index is -0.954. The molecule has 0 heterocycles. The Kier molecular flexibility index (Phi) is 100. The van der Waals surface area contributed by atoms with Gasteiger partial charge in [0.25, 0.3) is 0 Å². The monoisotopic (exact) mass is 1110 g/mol. The number of aliphatic hydroxyl groups is 18. The van der Waals surface area contributed by atoms with Gasteiger partial charge in [0, 0.05) is 12.8 Å². The standard InChI is InChI=1S/2C18H30O2.6C3H8O3/c2*1-2-3-4-5-6-7-8-9-10-11-12-13-14-15-16-17-18(19)20;6*4-1-3(6)2-5/h2*3-4,6-7,9-10H,2,5,8,11-17H2,1H3,(H,19,20);6*3-6H,1-2H2/b2*4-3-,7-6-,10-9-;;;;;;. The number of allylic oxidation sites excluding steroid dienone is 12. The van der Waals surface area contributed by atoms with Crippen LogP contribution >= 0.6 is 0 Å². The van der Waals surface area contributed by atoms with Crippen molar-refractivity contribution in [3.63, 3.8) is 0 Å². The number of rotatable bonds is 38. The second-order valence-corrected chi connectivity index (χ2v) is 16.1. The first-order valence-corrected chi connectivity index (χ1v) is 26.1. The van der Waals surface area contributed by atoms with Gasteiger partial charge in [-0.05, 0) is 77.0 Å². The van der Waals surface area contributed by atoms with E-state index in [4.69, 9.17) is 102 Å². The molecular weight excluding hydrogens is 1000 g/mol. The van der Waals surface area contributed by atoms with Crippen molar-refractivity contribution in [1.82, 2.24) is 0 Å². The van der Waals surface area contributed by atoms with Gasteiger partial charge < -0.3 is 102 Å². The average molecular weight is 1110 g/mol. The quantitative estimate of drug-likeness (QED) is 0.0306. The van der Waals surface area contributed by atoms with E-state index in [1.165, 1.54) is 25.7 Å². The highest BCUT2D eigenvalue weighted by molar-refractivity contribution is 5.66. The lowest BCUT2D eigenvalue weighted by Gasteiger charge is -1.98. The van der Waals surface area contributed by atoms with Gasteiger partial charge in [-0.2, -0.15) is 0 Å². The summed E-state index contributed by atoms with van der Waals surface area (Å²) in [4.78, 5) is 20.6. The van der Waals surface area contributed by atoms with Crippen molar-refractivity contribution in [2.24, 2.45) is 0 Å². The summed E-state index contributed by atoms with van der Waals surface area (Å²) < 4.78 is 0. The Hall–Kier alpha value is -3.34. The molecule has 0 spiro atoms. The Morgan fingerprint density at radius 3 is 0.618 bits per heavy atom. The van der Waals surface area contributed by atoms with E-state index in [-0.39, 0.29) is 79.3 Å². The Balaban J connectivity index is -0.000000125. The van der Waals surface area contributed by atoms with E-state index in [0.29, 0.717) is 12.8 Å². The second kappa shape index (κ2) is 85.6. The smallest absolute Gasteiger partial charge is 0.303 e. The van der Waals surface area contributed by atoms with E-state index in [1.54, 1.807) is 0 Å². The highest BCUT2D eigenvalue weighted by atomic mass is 16.4. The third-order valence-electron chi connectivity index (χ3n) is 8.61. The van der Waals surface area contributed by atoms with Crippen LogP contribution in [-0.4, -0.2) is 230 Å². The summed E-state index contributed by atoms with van der Waals surface area (Å²) in [7, 11) is 0. The normalized spacial score (nSPS) is 11.1. The minimum absolute atomic E-state index is 0.319. The molecule has 20 N–H and O–H groups in total. The highest BCUT2D eigenvalue weighted by Gasteiger charge is 1.99. The number of hydrogen-bond donors (Lipinski definition) is 20. The largest absolute Gasteiger partial charge is 0.481 e. The van der Waals surface area contributed by atoms with Crippen LogP contribution < -0.4 is 0 Å². The van der Waals surface area contributed by atoms with E-state index in [2.05, 4.69) is 86.8 Å². The topological polar surface area (TPSA) is 439 Å². The number of aliphatic carboxylic acids is 2. The number of unbranched alkanes of at least 4 members (excludes halogenated alkanes) is 10. The van der Waals surface area contributed by atoms with Gasteiger partial charge >= 0.3 is 11.9 Å². The molecule has 0 rings (SSSR count). The predicted octanol–water partition coefficient (Wildman–Crippen LogP) is 1.31. The van der Waals surface area contributed by atoms with Crippen LogP contribution in [0.25, 0.3) is 0 Å². The van der Waals surface area contributed by atoms with E-state index >= 15 is 0 Å². The van der Waals surface area contributed by atoms with Crippen molar-refractivity contribution < 1.29 is 112 Å². The van der Waals surface area contributed by atoms with E-state index in [0.717, 1.165) is 89.9 Å². The van der Waals surface area contributed by atoms with Crippen molar-refractivity contribution in [3.8, 4) is 0 Å². The molecule has 22 nitrogen and oxygen atoms in total. The van der Waals surface area contributed by atoms with Crippen LogP contribution in [-0.2, 0) is 9.59 Å². The Labute approximate surface area is 453 Å². The third kappa shape index (κ3) is 115. The molecule has 456 valence electrons. The maximum atomic E-state index is 10.3. The van der Waals surface area contributed by atoms with Crippen LogP contribution in [0.5, 0.6) is 0 Å². The van der Waals surface area contributed by atoms with Crippen molar-refractivity contribution >= 4 is 11.9 Å². The van der Waals surface area contributed by atoms with Gasteiger partial charge in [-0.15, -0.1) is 0 Å². The number of carboxylic acids is 2. The molecule has 0 aromatic heterocycles. The van der Waals surface area contributed by atoms with Gasteiger partial charge in [0.2, 0.25) is 0 Å². The molecule has 0 saturated heterocycles. The van der Waals surface area contributed by atoms with Gasteiger partial charge in [0.05, 0.1) is 79.3 Å². The van der Waals surface area contributed by atoms with Crippen molar-refractivity contribution in [1.29, 1.82) is 0 Å². The first-order chi connectivity index (χ1) is 36.4. The van der Waals surface area contributed by atoms with Crippen molar-refractivity contribution in [2.75, 3.05) is 79.3 Å². The highest BCUT2D eigenvalue weighted by Crippen LogP contribution is 2.09. The van der Waals surface area contributed by atoms with Gasteiger partial charge in [-0.25, -0.2) is 0 Å². The summed E-state index contributed by atoms with van der Waals surface area (Å²) in [5.41, 5.74) is 0. The second-order valence-electron chi connectivity index (χ2n) is 16.1. The van der Waals surface area contributed by atoms with Gasteiger partial charge in [-0.1, -0.05) is 125 Å². The van der Waals surface area contributed by atoms with E-state index in [9.17, 15) is 9.59 Å². The first kappa shape index (κ1) is 89.2. The lowest BCUT2D eigenvalue weighted by Crippen LogP contribution is -2.15. The summed E-state index contributed by atoms with van der Waals surface area (Å²) in [5, 5.41) is 161. The molecule has 0 aliphatic rings. The molecule has 76 heavy (non-hydrogen) atoms. The third-order valence-corrected chi connectivity index (χ3v) is 8.61. The fourth-order valence-electron chi connectivity index (χ4n) is 4.14. The molecule has 0 bridgehead atoms. The maximum absolute atomic E-state index is 10.3. The van der Waals surface area contributed by atoms with Crippen LogP contribution in [0.15, 0.2) is 72.9 Å². The SMILES string of the molecule is CC/C=C\C/C=C\C/C=C\CCCCCCCC(=O)O.CC/C=C\C/C=C\C/C=C\CCCCCCCC(=O)O.OCC(O)CO.OCC(O)CO.OCC(O)CO.OCC(O)CO.OCC(O)CO.OCC(O)CO. The Morgan fingerprint density at radius 2 is 0.447 bits per heavy atom.